The average molecular weight is 291 g/mol. The Kier molecular flexibility index (Phi) is 3.65. The molecule has 1 saturated heterocycles. The molecule has 112 valence electrons. The van der Waals surface area contributed by atoms with Gasteiger partial charge in [-0.05, 0) is 37.6 Å². The topological polar surface area (TPSA) is 31.9 Å². The highest BCUT2D eigenvalue weighted by atomic mass is 15.1. The van der Waals surface area contributed by atoms with Crippen molar-refractivity contribution in [2.45, 2.75) is 25.8 Å². The molecule has 22 heavy (non-hydrogen) atoms. The van der Waals surface area contributed by atoms with Crippen molar-refractivity contribution >= 4 is 10.9 Å². The molecule has 3 aromatic rings. The number of aromatic amines is 1. The summed E-state index contributed by atoms with van der Waals surface area (Å²) in [7, 11) is 0. The Balaban J connectivity index is 1.56. The summed E-state index contributed by atoms with van der Waals surface area (Å²) in [6, 6.07) is 17.2. The molecule has 0 bridgehead atoms. The molecule has 0 saturated carbocycles. The van der Waals surface area contributed by atoms with Crippen LogP contribution in [0, 0.1) is 0 Å². The monoisotopic (exact) mass is 291 g/mol. The molecule has 0 spiro atoms. The number of nitrogens with zero attached hydrogens (tertiary/aromatic N) is 2. The van der Waals surface area contributed by atoms with Crippen molar-refractivity contribution in [3.63, 3.8) is 0 Å². The summed E-state index contributed by atoms with van der Waals surface area (Å²) in [5, 5.41) is 8.77. The Morgan fingerprint density at radius 2 is 1.68 bits per heavy atom. The zero-order valence-corrected chi connectivity index (χ0v) is 12.8. The predicted molar refractivity (Wildman–Crippen MR) is 90.7 cm³/mol. The average Bonchev–Trinajstić information content (AvgIpc) is 3.01. The second kappa shape index (κ2) is 5.93. The van der Waals surface area contributed by atoms with E-state index in [1.54, 1.807) is 0 Å². The minimum absolute atomic E-state index is 1.04. The lowest BCUT2D eigenvalue weighted by molar-refractivity contribution is 0.221. The maximum absolute atomic E-state index is 4.48. The fourth-order valence-electron chi connectivity index (χ4n) is 3.33. The van der Waals surface area contributed by atoms with Crippen LogP contribution in [0.3, 0.4) is 0 Å². The first-order valence-electron chi connectivity index (χ1n) is 8.15. The predicted octanol–water partition coefficient (Wildman–Crippen LogP) is 4.22. The van der Waals surface area contributed by atoms with E-state index < -0.39 is 0 Å². The van der Waals surface area contributed by atoms with Crippen molar-refractivity contribution in [1.29, 1.82) is 0 Å². The van der Waals surface area contributed by atoms with Crippen molar-refractivity contribution in [2.75, 3.05) is 13.1 Å². The minimum atomic E-state index is 1.04. The van der Waals surface area contributed by atoms with Gasteiger partial charge in [0, 0.05) is 17.5 Å². The number of hydrogen-bond acceptors (Lipinski definition) is 2. The zero-order valence-electron chi connectivity index (χ0n) is 12.8. The van der Waals surface area contributed by atoms with E-state index in [2.05, 4.69) is 57.6 Å². The fraction of sp³-hybridized carbons (Fsp3) is 0.316. The van der Waals surface area contributed by atoms with E-state index in [1.807, 2.05) is 6.07 Å². The highest BCUT2D eigenvalue weighted by molar-refractivity contribution is 5.92. The molecule has 1 aliphatic rings. The number of hydrogen-bond donors (Lipinski definition) is 1. The maximum Gasteiger partial charge on any atom is 0.0999 e. The molecule has 4 rings (SSSR count). The molecule has 0 amide bonds. The lowest BCUT2D eigenvalue weighted by Gasteiger charge is -2.26. The maximum atomic E-state index is 4.48. The third kappa shape index (κ3) is 2.64. The van der Waals surface area contributed by atoms with Crippen LogP contribution >= 0.6 is 0 Å². The number of likely N-dealkylation sites (tertiary alicyclic amines) is 1. The molecule has 0 radical (unpaired) electrons. The number of nitrogens with one attached hydrogen (secondary N) is 1. The Bertz CT molecular complexity index is 752. The fourth-order valence-corrected chi connectivity index (χ4v) is 3.33. The number of H-pyrrole nitrogens is 1. The van der Waals surface area contributed by atoms with Gasteiger partial charge in [-0.15, -0.1) is 0 Å². The molecule has 1 aliphatic heterocycles. The third-order valence-electron chi connectivity index (χ3n) is 4.55. The molecule has 0 aliphatic carbocycles. The normalized spacial score (nSPS) is 16.2. The van der Waals surface area contributed by atoms with E-state index in [9.17, 15) is 0 Å². The lowest BCUT2D eigenvalue weighted by Crippen LogP contribution is -2.28. The molecule has 2 aromatic carbocycles. The van der Waals surface area contributed by atoms with Gasteiger partial charge in [-0.2, -0.15) is 5.10 Å². The van der Waals surface area contributed by atoms with E-state index in [1.165, 1.54) is 48.9 Å². The van der Waals surface area contributed by atoms with Crippen LogP contribution in [-0.2, 0) is 6.54 Å². The zero-order chi connectivity index (χ0) is 14.8. The quantitative estimate of drug-likeness (QED) is 0.783. The number of piperidine rings is 1. The summed E-state index contributed by atoms with van der Waals surface area (Å²) in [5.41, 5.74) is 4.71. The van der Waals surface area contributed by atoms with Gasteiger partial charge >= 0.3 is 0 Å². The van der Waals surface area contributed by atoms with Crippen LogP contribution in [0.4, 0.5) is 0 Å². The molecule has 3 nitrogen and oxygen atoms in total. The van der Waals surface area contributed by atoms with Crippen LogP contribution in [0.1, 0.15) is 24.8 Å². The summed E-state index contributed by atoms with van der Waals surface area (Å²) in [6.07, 6.45) is 4.08. The second-order valence-electron chi connectivity index (χ2n) is 6.15. The van der Waals surface area contributed by atoms with Crippen LogP contribution in [0.2, 0.25) is 0 Å². The van der Waals surface area contributed by atoms with Gasteiger partial charge in [0.05, 0.1) is 11.2 Å². The number of benzene rings is 2. The van der Waals surface area contributed by atoms with Crippen molar-refractivity contribution in [3.8, 4) is 11.3 Å². The Morgan fingerprint density at radius 1 is 0.909 bits per heavy atom. The minimum Gasteiger partial charge on any atom is -0.299 e. The third-order valence-corrected chi connectivity index (χ3v) is 4.55. The van der Waals surface area contributed by atoms with Crippen LogP contribution in [0.25, 0.3) is 22.2 Å². The molecule has 0 unspecified atom stereocenters. The smallest absolute Gasteiger partial charge is 0.0999 e. The summed E-state index contributed by atoms with van der Waals surface area (Å²) < 4.78 is 0. The van der Waals surface area contributed by atoms with Gasteiger partial charge in [0.15, 0.2) is 0 Å². The highest BCUT2D eigenvalue weighted by Crippen LogP contribution is 2.26. The van der Waals surface area contributed by atoms with Gasteiger partial charge in [0.25, 0.3) is 0 Å². The molecule has 1 aromatic heterocycles. The van der Waals surface area contributed by atoms with Crippen molar-refractivity contribution in [3.05, 3.63) is 54.1 Å². The van der Waals surface area contributed by atoms with E-state index in [4.69, 9.17) is 0 Å². The molecule has 0 atom stereocenters. The highest BCUT2D eigenvalue weighted by Gasteiger charge is 2.11. The first-order chi connectivity index (χ1) is 10.9. The number of para-hydroxylation sites is 1. The summed E-state index contributed by atoms with van der Waals surface area (Å²) in [6.45, 7) is 3.55. The first-order valence-corrected chi connectivity index (χ1v) is 8.15. The van der Waals surface area contributed by atoms with E-state index in [0.717, 1.165) is 17.8 Å². The van der Waals surface area contributed by atoms with Crippen LogP contribution < -0.4 is 0 Å². The van der Waals surface area contributed by atoms with E-state index in [-0.39, 0.29) is 0 Å². The van der Waals surface area contributed by atoms with Crippen LogP contribution in [0.15, 0.2) is 48.5 Å². The molecular formula is C19H21N3. The van der Waals surface area contributed by atoms with Crippen LogP contribution in [-0.4, -0.2) is 28.2 Å². The summed E-state index contributed by atoms with van der Waals surface area (Å²) in [4.78, 5) is 2.56. The Labute approximate surface area is 131 Å². The van der Waals surface area contributed by atoms with Gasteiger partial charge in [-0.1, -0.05) is 48.9 Å². The number of rotatable bonds is 3. The van der Waals surface area contributed by atoms with Crippen LogP contribution in [0.5, 0.6) is 0 Å². The van der Waals surface area contributed by atoms with Gasteiger partial charge in [0.2, 0.25) is 0 Å². The van der Waals surface area contributed by atoms with Gasteiger partial charge < -0.3 is 0 Å². The van der Waals surface area contributed by atoms with E-state index in [0.29, 0.717) is 0 Å². The van der Waals surface area contributed by atoms with Crippen molar-refractivity contribution < 1.29 is 0 Å². The van der Waals surface area contributed by atoms with Crippen molar-refractivity contribution in [1.82, 2.24) is 15.1 Å². The van der Waals surface area contributed by atoms with Crippen molar-refractivity contribution in [2.24, 2.45) is 0 Å². The Morgan fingerprint density at radius 3 is 2.50 bits per heavy atom. The lowest BCUT2D eigenvalue weighted by atomic mass is 10.0. The van der Waals surface area contributed by atoms with Gasteiger partial charge in [-0.25, -0.2) is 0 Å². The molecule has 3 heteroatoms. The number of fused-ring (bicyclic) bond motifs is 1. The Hall–Kier alpha value is -2.13. The molecule has 1 N–H and O–H groups in total. The summed E-state index contributed by atoms with van der Waals surface area (Å²) >= 11 is 0. The van der Waals surface area contributed by atoms with Gasteiger partial charge in [-0.3, -0.25) is 10.00 Å². The standard InChI is InChI=1S/C19H21N3/c1-4-12-22(13-5-1)14-15-8-10-16(11-9-15)19-17-6-2-3-7-18(17)20-21-19/h2-3,6-11H,1,4-5,12-14H2,(H,20,21). The first kappa shape index (κ1) is 13.5. The number of aromatic nitrogens is 2. The SMILES string of the molecule is c1ccc2c(-c3ccc(CN4CCCCC4)cc3)n[nH]c2c1. The van der Waals surface area contributed by atoms with E-state index >= 15 is 0 Å². The van der Waals surface area contributed by atoms with Gasteiger partial charge in [0.1, 0.15) is 0 Å². The summed E-state index contributed by atoms with van der Waals surface area (Å²) in [5.74, 6) is 0. The second-order valence-corrected chi connectivity index (χ2v) is 6.15. The molecular weight excluding hydrogens is 270 g/mol. The largest absolute Gasteiger partial charge is 0.299 e. The molecule has 2 heterocycles. The molecule has 1 fully saturated rings.